The van der Waals surface area contributed by atoms with Crippen molar-refractivity contribution in [1.82, 2.24) is 14.0 Å². The van der Waals surface area contributed by atoms with E-state index in [9.17, 15) is 14.4 Å². The number of carboxylic acid groups (broad SMARTS) is 1. The number of hydrogen-bond acceptors (Lipinski definition) is 5. The summed E-state index contributed by atoms with van der Waals surface area (Å²) >= 11 is 0. The first-order valence-electron chi connectivity index (χ1n) is 13.9. The predicted molar refractivity (Wildman–Crippen MR) is 155 cm³/mol. The lowest BCUT2D eigenvalue weighted by atomic mass is 10.00. The number of carboxylic acids is 1. The monoisotopic (exact) mass is 541 g/mol. The molecule has 4 aromatic rings. The van der Waals surface area contributed by atoms with Gasteiger partial charge in [-0.1, -0.05) is 72.8 Å². The van der Waals surface area contributed by atoms with Crippen LogP contribution in [-0.4, -0.2) is 50.8 Å². The first-order chi connectivity index (χ1) is 19.5. The van der Waals surface area contributed by atoms with E-state index < -0.39 is 11.7 Å². The van der Waals surface area contributed by atoms with E-state index in [-0.39, 0.29) is 37.3 Å². The van der Waals surface area contributed by atoms with Gasteiger partial charge < -0.3 is 14.7 Å². The van der Waals surface area contributed by atoms with Crippen LogP contribution in [-0.2, 0) is 22.6 Å². The number of aryl methyl sites for hydroxylation is 1. The minimum Gasteiger partial charge on any atom is -0.481 e. The summed E-state index contributed by atoms with van der Waals surface area (Å²) in [7, 11) is 0. The molecular formula is C32H35N3O5. The Morgan fingerprint density at radius 1 is 0.800 bits per heavy atom. The molecule has 1 aliphatic heterocycles. The summed E-state index contributed by atoms with van der Waals surface area (Å²) in [5.74, 6) is -0.986. The molecular weight excluding hydrogens is 506 g/mol. The van der Waals surface area contributed by atoms with Gasteiger partial charge in [0.25, 0.3) is 5.56 Å². The van der Waals surface area contributed by atoms with Crippen molar-refractivity contribution >= 4 is 16.9 Å². The third-order valence-corrected chi connectivity index (χ3v) is 7.61. The molecule has 5 rings (SSSR count). The average Bonchev–Trinajstić information content (AvgIpc) is 2.99. The highest BCUT2D eigenvalue weighted by molar-refractivity contribution is 5.78. The minimum atomic E-state index is -0.986. The standard InChI is InChI=1S/C32H35N3O5/c36-29(37)18-23-34-28-15-8-7-14-27(28)31(38)35(32(34)39)20-9-19-33-21-16-26(17-22-33)40-30(24-10-3-1-4-11-24)25-12-5-2-6-13-25/h1-8,10-15,26,30H,9,16-23H2,(H,36,37). The molecule has 0 amide bonds. The summed E-state index contributed by atoms with van der Waals surface area (Å²) in [5.41, 5.74) is 1.98. The topological polar surface area (TPSA) is 93.8 Å². The highest BCUT2D eigenvalue weighted by Gasteiger charge is 2.25. The lowest BCUT2D eigenvalue weighted by Gasteiger charge is -2.34. The lowest BCUT2D eigenvalue weighted by molar-refractivity contribution is -0.137. The summed E-state index contributed by atoms with van der Waals surface area (Å²) in [6.07, 6.45) is 2.32. The van der Waals surface area contributed by atoms with Crippen LogP contribution in [0.5, 0.6) is 0 Å². The maximum atomic E-state index is 13.2. The fraction of sp³-hybridized carbons (Fsp3) is 0.344. The third-order valence-electron chi connectivity index (χ3n) is 7.61. The van der Waals surface area contributed by atoms with E-state index in [2.05, 4.69) is 29.2 Å². The number of likely N-dealkylation sites (tertiary alicyclic amines) is 1. The summed E-state index contributed by atoms with van der Waals surface area (Å²) in [5, 5.41) is 9.56. The Kier molecular flexibility index (Phi) is 8.88. The van der Waals surface area contributed by atoms with Crippen LogP contribution in [0.25, 0.3) is 10.9 Å². The zero-order valence-electron chi connectivity index (χ0n) is 22.5. The van der Waals surface area contributed by atoms with E-state index >= 15 is 0 Å². The van der Waals surface area contributed by atoms with Crippen LogP contribution < -0.4 is 11.2 Å². The molecule has 3 aromatic carbocycles. The molecule has 1 saturated heterocycles. The number of ether oxygens (including phenoxy) is 1. The van der Waals surface area contributed by atoms with Crippen molar-refractivity contribution in [3.05, 3.63) is 117 Å². The molecule has 1 aliphatic rings. The number of nitrogens with zero attached hydrogens (tertiary/aromatic N) is 3. The van der Waals surface area contributed by atoms with Gasteiger partial charge in [-0.2, -0.15) is 0 Å². The fourth-order valence-electron chi connectivity index (χ4n) is 5.51. The van der Waals surface area contributed by atoms with Crippen LogP contribution in [0.2, 0.25) is 0 Å². The van der Waals surface area contributed by atoms with Gasteiger partial charge in [-0.05, 0) is 49.1 Å². The van der Waals surface area contributed by atoms with Crippen LogP contribution in [0, 0.1) is 0 Å². The lowest BCUT2D eigenvalue weighted by Crippen LogP contribution is -2.42. The molecule has 2 heterocycles. The fourth-order valence-corrected chi connectivity index (χ4v) is 5.51. The van der Waals surface area contributed by atoms with Gasteiger partial charge in [0.2, 0.25) is 0 Å². The molecule has 1 fully saturated rings. The van der Waals surface area contributed by atoms with Gasteiger partial charge in [0.15, 0.2) is 0 Å². The van der Waals surface area contributed by atoms with E-state index in [0.717, 1.165) is 43.6 Å². The Labute approximate surface area is 233 Å². The Morgan fingerprint density at radius 3 is 2.02 bits per heavy atom. The number of fused-ring (bicyclic) bond motifs is 1. The molecule has 0 atom stereocenters. The van der Waals surface area contributed by atoms with Crippen LogP contribution in [0.1, 0.15) is 42.9 Å². The first-order valence-corrected chi connectivity index (χ1v) is 13.9. The second-order valence-electron chi connectivity index (χ2n) is 10.3. The molecule has 0 saturated carbocycles. The molecule has 1 aromatic heterocycles. The highest BCUT2D eigenvalue weighted by Crippen LogP contribution is 2.30. The molecule has 0 unspecified atom stereocenters. The Hall–Kier alpha value is -4.01. The second kappa shape index (κ2) is 12.9. The van der Waals surface area contributed by atoms with Crippen molar-refractivity contribution in [2.45, 2.75) is 51.0 Å². The van der Waals surface area contributed by atoms with E-state index in [0.29, 0.717) is 17.3 Å². The number of rotatable bonds is 11. The first kappa shape index (κ1) is 27.6. The molecule has 0 radical (unpaired) electrons. The van der Waals surface area contributed by atoms with Crippen molar-refractivity contribution in [2.24, 2.45) is 0 Å². The molecule has 8 nitrogen and oxygen atoms in total. The zero-order chi connectivity index (χ0) is 27.9. The normalized spacial score (nSPS) is 14.6. The van der Waals surface area contributed by atoms with Crippen LogP contribution in [0.4, 0.5) is 0 Å². The highest BCUT2D eigenvalue weighted by atomic mass is 16.5. The van der Waals surface area contributed by atoms with Crippen molar-refractivity contribution in [1.29, 1.82) is 0 Å². The summed E-state index contributed by atoms with van der Waals surface area (Å²) in [6.45, 7) is 2.85. The van der Waals surface area contributed by atoms with Gasteiger partial charge in [0.05, 0.1) is 23.4 Å². The van der Waals surface area contributed by atoms with Gasteiger partial charge >= 0.3 is 11.7 Å². The quantitative estimate of drug-likeness (QED) is 0.304. The van der Waals surface area contributed by atoms with Crippen LogP contribution in [0.15, 0.2) is 94.5 Å². The van der Waals surface area contributed by atoms with Gasteiger partial charge in [-0.15, -0.1) is 0 Å². The Balaban J connectivity index is 1.20. The summed E-state index contributed by atoms with van der Waals surface area (Å²) in [4.78, 5) is 39.8. The number of carbonyl (C=O) groups is 1. The Morgan fingerprint density at radius 2 is 1.40 bits per heavy atom. The Bertz CT molecular complexity index is 1500. The van der Waals surface area contributed by atoms with E-state index in [1.165, 1.54) is 9.13 Å². The molecule has 208 valence electrons. The zero-order valence-corrected chi connectivity index (χ0v) is 22.5. The molecule has 8 heteroatoms. The molecule has 1 N–H and O–H groups in total. The predicted octanol–water partition coefficient (Wildman–Crippen LogP) is 4.30. The summed E-state index contributed by atoms with van der Waals surface area (Å²) < 4.78 is 9.31. The largest absolute Gasteiger partial charge is 0.481 e. The average molecular weight is 542 g/mol. The van der Waals surface area contributed by atoms with Crippen molar-refractivity contribution in [3.63, 3.8) is 0 Å². The van der Waals surface area contributed by atoms with Crippen LogP contribution >= 0.6 is 0 Å². The molecule has 0 aliphatic carbocycles. The van der Waals surface area contributed by atoms with Crippen molar-refractivity contribution < 1.29 is 14.6 Å². The van der Waals surface area contributed by atoms with Gasteiger partial charge in [-0.25, -0.2) is 4.79 Å². The number of aliphatic carboxylic acids is 1. The number of benzene rings is 3. The molecule has 40 heavy (non-hydrogen) atoms. The number of aromatic nitrogens is 2. The van der Waals surface area contributed by atoms with Gasteiger partial charge in [0.1, 0.15) is 6.10 Å². The minimum absolute atomic E-state index is 0.0232. The maximum Gasteiger partial charge on any atom is 0.331 e. The van der Waals surface area contributed by atoms with Gasteiger partial charge in [-0.3, -0.25) is 18.7 Å². The third kappa shape index (κ3) is 6.41. The van der Waals surface area contributed by atoms with Crippen LogP contribution in [0.3, 0.4) is 0 Å². The summed E-state index contributed by atoms with van der Waals surface area (Å²) in [6, 6.07) is 27.5. The van der Waals surface area contributed by atoms with E-state index in [1.54, 1.807) is 24.3 Å². The number of para-hydroxylation sites is 1. The second-order valence-corrected chi connectivity index (χ2v) is 10.3. The number of hydrogen-bond donors (Lipinski definition) is 1. The van der Waals surface area contributed by atoms with Crippen molar-refractivity contribution in [3.8, 4) is 0 Å². The van der Waals surface area contributed by atoms with Gasteiger partial charge in [0, 0.05) is 26.2 Å². The smallest absolute Gasteiger partial charge is 0.331 e. The van der Waals surface area contributed by atoms with E-state index in [4.69, 9.17) is 9.84 Å². The number of piperidine rings is 1. The maximum absolute atomic E-state index is 13.2. The van der Waals surface area contributed by atoms with E-state index in [1.807, 2.05) is 36.4 Å². The SMILES string of the molecule is O=C(O)CCn1c(=O)n(CCCN2CCC(OC(c3ccccc3)c3ccccc3)CC2)c(=O)c2ccccc21. The molecule has 0 spiro atoms. The molecule has 0 bridgehead atoms. The van der Waals surface area contributed by atoms with Crippen molar-refractivity contribution in [2.75, 3.05) is 19.6 Å².